The van der Waals surface area contributed by atoms with Gasteiger partial charge in [0.25, 0.3) is 11.8 Å². The number of carbonyl (C=O) groups excluding carboxylic acids is 2. The number of para-hydroxylation sites is 1. The van der Waals surface area contributed by atoms with E-state index >= 15 is 0 Å². The van der Waals surface area contributed by atoms with Crippen molar-refractivity contribution in [3.63, 3.8) is 0 Å². The fraction of sp³-hybridized carbons (Fsp3) is 0.300. The fourth-order valence-corrected chi connectivity index (χ4v) is 7.06. The van der Waals surface area contributed by atoms with Crippen molar-refractivity contribution in [3.05, 3.63) is 76.7 Å². The van der Waals surface area contributed by atoms with Gasteiger partial charge < -0.3 is 26.7 Å². The van der Waals surface area contributed by atoms with Crippen LogP contribution < -0.4 is 22.1 Å². The summed E-state index contributed by atoms with van der Waals surface area (Å²) in [5, 5.41) is 6.84. The number of guanidine groups is 1. The van der Waals surface area contributed by atoms with Crippen LogP contribution in [0.25, 0.3) is 10.9 Å². The summed E-state index contributed by atoms with van der Waals surface area (Å²) in [5.74, 6) is -0.874. The topological polar surface area (TPSA) is 205 Å². The number of benzene rings is 2. The lowest BCUT2D eigenvalue weighted by Gasteiger charge is -2.39. The number of nitrogens with two attached hydrogens (primary N) is 2. The summed E-state index contributed by atoms with van der Waals surface area (Å²) in [4.78, 5) is 43.3. The van der Waals surface area contributed by atoms with Crippen molar-refractivity contribution < 1.29 is 18.0 Å². The molecule has 0 radical (unpaired) electrons. The second-order valence-corrected chi connectivity index (χ2v) is 13.8. The summed E-state index contributed by atoms with van der Waals surface area (Å²) in [6, 6.07) is 14.0. The molecule has 0 atom stereocenters. The largest absolute Gasteiger partial charge is 0.382 e. The quantitative estimate of drug-likeness (QED) is 0.196. The third kappa shape index (κ3) is 6.08. The molecule has 1 saturated heterocycles. The Labute approximate surface area is 270 Å². The number of likely N-dealkylation sites (tertiary alicyclic amines) is 1. The van der Waals surface area contributed by atoms with Gasteiger partial charge in [-0.25, -0.2) is 22.7 Å². The molecule has 0 saturated carbocycles. The molecular weight excluding hydrogens is 632 g/mol. The van der Waals surface area contributed by atoms with E-state index in [1.165, 1.54) is 16.4 Å². The van der Waals surface area contributed by atoms with Gasteiger partial charge in [0.1, 0.15) is 0 Å². The van der Waals surface area contributed by atoms with Crippen LogP contribution in [0.2, 0.25) is 5.15 Å². The molecule has 2 aliphatic rings. The van der Waals surface area contributed by atoms with Crippen molar-refractivity contribution in [1.29, 1.82) is 0 Å². The Morgan fingerprint density at radius 1 is 1.09 bits per heavy atom. The number of halogens is 1. The second kappa shape index (κ2) is 12.2. The predicted octanol–water partition coefficient (Wildman–Crippen LogP) is 2.00. The summed E-state index contributed by atoms with van der Waals surface area (Å²) in [5.41, 5.74) is 13.1. The maximum absolute atomic E-state index is 13.5. The Morgan fingerprint density at radius 3 is 2.63 bits per heavy atom. The molecule has 0 bridgehead atoms. The first-order chi connectivity index (χ1) is 22.0. The molecule has 0 aliphatic carbocycles. The molecule has 1 spiro atoms. The molecule has 2 aromatic heterocycles. The normalized spacial score (nSPS) is 16.1. The van der Waals surface area contributed by atoms with Crippen LogP contribution in [0.15, 0.2) is 64.6 Å². The Morgan fingerprint density at radius 2 is 1.85 bits per heavy atom. The number of amides is 2. The predicted molar refractivity (Wildman–Crippen MR) is 175 cm³/mol. The molecule has 2 amide bonds. The molecule has 4 aromatic rings. The number of nitrogen functional groups attached to an aromatic ring is 2. The standard InChI is InChI=1S/C30H33ClN10O4S/c1-40(12-9-19-16-34-22-8-3-2-7-21(19)22)46(44,45)20-6-4-5-18(15-20)28(43)41-13-10-30(11-14-41)17-35-29(39-30)38-27(42)23-25(32)37-26(33)24(31)36-23/h2-8,15-16,34H,9-14,17H2,1H3,(H4,32,33,37)(H2,35,38,39,42). The number of hydrogen-bond donors (Lipinski definition) is 5. The van der Waals surface area contributed by atoms with Crippen LogP contribution in [0.3, 0.4) is 0 Å². The maximum Gasteiger partial charge on any atom is 0.280 e. The Kier molecular flexibility index (Phi) is 8.31. The van der Waals surface area contributed by atoms with Gasteiger partial charge in [-0.2, -0.15) is 0 Å². The number of fused-ring (bicyclic) bond motifs is 1. The summed E-state index contributed by atoms with van der Waals surface area (Å²) < 4.78 is 28.2. The molecule has 240 valence electrons. The van der Waals surface area contributed by atoms with Crippen molar-refractivity contribution in [2.45, 2.75) is 29.7 Å². The number of H-pyrrole nitrogens is 1. The summed E-state index contributed by atoms with van der Waals surface area (Å²) in [7, 11) is -2.29. The first-order valence-electron chi connectivity index (χ1n) is 14.6. The molecule has 2 aromatic carbocycles. The Bertz CT molecular complexity index is 1970. The number of anilines is 2. The van der Waals surface area contributed by atoms with E-state index in [9.17, 15) is 18.0 Å². The highest BCUT2D eigenvalue weighted by Gasteiger charge is 2.40. The highest BCUT2D eigenvalue weighted by molar-refractivity contribution is 7.89. The number of nitrogens with zero attached hydrogens (tertiary/aromatic N) is 5. The minimum Gasteiger partial charge on any atom is -0.382 e. The number of piperidine rings is 1. The Hall–Kier alpha value is -4.73. The van der Waals surface area contributed by atoms with Gasteiger partial charge in [-0.15, -0.1) is 0 Å². The zero-order valence-corrected chi connectivity index (χ0v) is 26.5. The average Bonchev–Trinajstić information content (AvgIpc) is 3.65. The van der Waals surface area contributed by atoms with Crippen LogP contribution in [-0.2, 0) is 16.4 Å². The molecule has 16 heteroatoms. The van der Waals surface area contributed by atoms with Crippen LogP contribution in [0.5, 0.6) is 0 Å². The average molecular weight is 665 g/mol. The molecule has 0 unspecified atom stereocenters. The number of likely N-dealkylation sites (N-methyl/N-ethyl adjacent to an activating group) is 1. The van der Waals surface area contributed by atoms with Gasteiger partial charge in [0, 0.05) is 49.3 Å². The maximum atomic E-state index is 13.5. The van der Waals surface area contributed by atoms with E-state index in [1.807, 2.05) is 30.5 Å². The van der Waals surface area contributed by atoms with E-state index in [0.29, 0.717) is 44.5 Å². The Balaban J connectivity index is 1.05. The van der Waals surface area contributed by atoms with Crippen LogP contribution in [0.1, 0.15) is 39.3 Å². The number of hydrogen-bond acceptors (Lipinski definition) is 10. The zero-order valence-electron chi connectivity index (χ0n) is 25.0. The van der Waals surface area contributed by atoms with Crippen molar-refractivity contribution in [1.82, 2.24) is 34.8 Å². The molecule has 14 nitrogen and oxygen atoms in total. The second-order valence-electron chi connectivity index (χ2n) is 11.4. The lowest BCUT2D eigenvalue weighted by atomic mass is 9.88. The van der Waals surface area contributed by atoms with Gasteiger partial charge in [-0.05, 0) is 49.1 Å². The molecule has 6 rings (SSSR count). The number of aliphatic imine (C=N–C) groups is 1. The molecule has 7 N–H and O–H groups in total. The van der Waals surface area contributed by atoms with E-state index in [-0.39, 0.29) is 45.8 Å². The number of aromatic nitrogens is 3. The first kappa shape index (κ1) is 31.3. The number of carbonyl (C=O) groups is 2. The van der Waals surface area contributed by atoms with Gasteiger partial charge in [-0.3, -0.25) is 19.9 Å². The SMILES string of the molecule is CN(CCc1c[nH]c2ccccc12)S(=O)(=O)c1cccc(C(=O)N2CCC3(CC2)CN=C(NC(=O)c2nc(Cl)c(N)nc2N)N3)c1. The number of nitrogens with one attached hydrogen (secondary N) is 3. The summed E-state index contributed by atoms with van der Waals surface area (Å²) in [6.45, 7) is 1.50. The third-order valence-electron chi connectivity index (χ3n) is 8.44. The monoisotopic (exact) mass is 664 g/mol. The molecule has 4 heterocycles. The van der Waals surface area contributed by atoms with Crippen molar-refractivity contribution >= 4 is 61.9 Å². The van der Waals surface area contributed by atoms with Crippen LogP contribution in [0, 0.1) is 0 Å². The number of rotatable bonds is 7. The lowest BCUT2D eigenvalue weighted by molar-refractivity contribution is 0.0668. The van der Waals surface area contributed by atoms with Crippen LogP contribution in [-0.4, -0.2) is 89.1 Å². The van der Waals surface area contributed by atoms with Gasteiger partial charge in [-0.1, -0.05) is 35.9 Å². The van der Waals surface area contributed by atoms with Gasteiger partial charge in [0.05, 0.1) is 17.0 Å². The van der Waals surface area contributed by atoms with Gasteiger partial charge in [0.15, 0.2) is 28.4 Å². The smallest absolute Gasteiger partial charge is 0.280 e. The number of sulfonamides is 1. The summed E-state index contributed by atoms with van der Waals surface area (Å²) in [6.07, 6.45) is 3.56. The van der Waals surface area contributed by atoms with Crippen LogP contribution >= 0.6 is 11.6 Å². The molecule has 1 fully saturated rings. The van der Waals surface area contributed by atoms with Crippen molar-refractivity contribution in [2.24, 2.45) is 4.99 Å². The zero-order chi connectivity index (χ0) is 32.6. The first-order valence-corrected chi connectivity index (χ1v) is 16.4. The van der Waals surface area contributed by atoms with Crippen molar-refractivity contribution in [2.75, 3.05) is 44.7 Å². The highest BCUT2D eigenvalue weighted by Crippen LogP contribution is 2.28. The van der Waals surface area contributed by atoms with Gasteiger partial charge >= 0.3 is 0 Å². The minimum atomic E-state index is -3.83. The summed E-state index contributed by atoms with van der Waals surface area (Å²) >= 11 is 5.89. The molecule has 2 aliphatic heterocycles. The van der Waals surface area contributed by atoms with Crippen molar-refractivity contribution in [3.8, 4) is 0 Å². The highest BCUT2D eigenvalue weighted by atomic mass is 35.5. The van der Waals surface area contributed by atoms with E-state index in [1.54, 1.807) is 24.1 Å². The van der Waals surface area contributed by atoms with E-state index < -0.39 is 21.5 Å². The fourth-order valence-electron chi connectivity index (χ4n) is 5.72. The van der Waals surface area contributed by atoms with E-state index in [4.69, 9.17) is 23.1 Å². The molecule has 46 heavy (non-hydrogen) atoms. The molecular formula is C30H33ClN10O4S. The minimum absolute atomic E-state index is 0.0622. The third-order valence-corrected chi connectivity index (χ3v) is 10.6. The lowest BCUT2D eigenvalue weighted by Crippen LogP contribution is -2.57. The van der Waals surface area contributed by atoms with E-state index in [2.05, 4.69) is 30.6 Å². The van der Waals surface area contributed by atoms with Gasteiger partial charge in [0.2, 0.25) is 10.0 Å². The van der Waals surface area contributed by atoms with Crippen LogP contribution in [0.4, 0.5) is 11.6 Å². The number of aromatic amines is 1. The van der Waals surface area contributed by atoms with E-state index in [0.717, 1.165) is 16.5 Å².